The van der Waals surface area contributed by atoms with E-state index in [1.165, 1.54) is 0 Å². The molecular weight excluding hydrogens is 256 g/mol. The smallest absolute Gasteiger partial charge is 0.241 e. The molecule has 1 aliphatic heterocycles. The van der Waals surface area contributed by atoms with E-state index in [0.29, 0.717) is 13.2 Å². The van der Waals surface area contributed by atoms with Gasteiger partial charge in [0, 0.05) is 24.5 Å². The summed E-state index contributed by atoms with van der Waals surface area (Å²) in [6, 6.07) is 0. The van der Waals surface area contributed by atoms with E-state index in [-0.39, 0.29) is 29.4 Å². The van der Waals surface area contributed by atoms with Crippen LogP contribution in [0.2, 0.25) is 0 Å². The van der Waals surface area contributed by atoms with E-state index in [1.807, 2.05) is 27.7 Å². The van der Waals surface area contributed by atoms with Crippen molar-refractivity contribution in [3.8, 4) is 0 Å². The van der Waals surface area contributed by atoms with E-state index in [1.54, 1.807) is 0 Å². The van der Waals surface area contributed by atoms with Gasteiger partial charge in [-0.05, 0) is 26.7 Å². The number of rotatable bonds is 5. The Kier molecular flexibility index (Phi) is 4.42. The van der Waals surface area contributed by atoms with Crippen molar-refractivity contribution in [1.29, 1.82) is 0 Å². The number of carbonyl (C=O) groups excluding carboxylic acids is 1. The number of nitrogens with one attached hydrogen (secondary N) is 1. The first kappa shape index (κ1) is 15.7. The van der Waals surface area contributed by atoms with Crippen LogP contribution in [0.3, 0.4) is 0 Å². The summed E-state index contributed by atoms with van der Waals surface area (Å²) in [6.45, 7) is 9.82. The Labute approximate surface area is 121 Å². The summed E-state index contributed by atoms with van der Waals surface area (Å²) in [5, 5.41) is 2.92. The number of amides is 1. The zero-order chi connectivity index (χ0) is 15.0. The summed E-state index contributed by atoms with van der Waals surface area (Å²) in [7, 11) is 0. The van der Waals surface area contributed by atoms with Crippen molar-refractivity contribution < 1.29 is 14.3 Å². The van der Waals surface area contributed by atoms with Crippen LogP contribution in [0.15, 0.2) is 0 Å². The molecule has 2 rings (SSSR count). The van der Waals surface area contributed by atoms with Crippen LogP contribution in [-0.4, -0.2) is 43.4 Å². The summed E-state index contributed by atoms with van der Waals surface area (Å²) < 4.78 is 11.2. The monoisotopic (exact) mass is 284 g/mol. The van der Waals surface area contributed by atoms with Crippen molar-refractivity contribution in [3.05, 3.63) is 0 Å². The Balaban J connectivity index is 1.93. The molecule has 0 bridgehead atoms. The molecular formula is C15H28N2O3. The van der Waals surface area contributed by atoms with Crippen LogP contribution in [0.4, 0.5) is 0 Å². The fourth-order valence-corrected chi connectivity index (χ4v) is 3.64. The van der Waals surface area contributed by atoms with Crippen molar-refractivity contribution in [2.24, 2.45) is 17.1 Å². The summed E-state index contributed by atoms with van der Waals surface area (Å²) in [5.74, 6) is 0.0684. The Bertz CT molecular complexity index is 370. The number of hydrogen-bond acceptors (Lipinski definition) is 4. The van der Waals surface area contributed by atoms with Crippen LogP contribution >= 0.6 is 0 Å². The lowest BCUT2D eigenvalue weighted by Crippen LogP contribution is -2.82. The third-order valence-corrected chi connectivity index (χ3v) is 4.90. The SMILES string of the molecule is CC(C)OCCNC(=O)C1(N)C2CCCOC2C1(C)C. The summed E-state index contributed by atoms with van der Waals surface area (Å²) in [5.41, 5.74) is 5.35. The molecule has 20 heavy (non-hydrogen) atoms. The Hall–Kier alpha value is -0.650. The lowest BCUT2D eigenvalue weighted by molar-refractivity contribution is -0.225. The highest BCUT2D eigenvalue weighted by molar-refractivity contribution is 5.89. The number of ether oxygens (including phenoxy) is 2. The summed E-state index contributed by atoms with van der Waals surface area (Å²) >= 11 is 0. The minimum Gasteiger partial charge on any atom is -0.377 e. The normalized spacial score (nSPS) is 35.3. The first-order valence-corrected chi connectivity index (χ1v) is 7.62. The standard InChI is InChI=1S/C15H28N2O3/c1-10(2)19-9-7-17-13(18)15(16)11-6-5-8-20-12(11)14(15,3)4/h10-12H,5-9,16H2,1-4H3,(H,17,18). The highest BCUT2D eigenvalue weighted by Gasteiger charge is 2.70. The number of nitrogens with two attached hydrogens (primary N) is 1. The van der Waals surface area contributed by atoms with Crippen molar-refractivity contribution in [1.82, 2.24) is 5.32 Å². The molecule has 0 radical (unpaired) electrons. The van der Waals surface area contributed by atoms with E-state index in [9.17, 15) is 4.79 Å². The topological polar surface area (TPSA) is 73.6 Å². The molecule has 3 unspecified atom stereocenters. The summed E-state index contributed by atoms with van der Waals surface area (Å²) in [4.78, 5) is 12.5. The largest absolute Gasteiger partial charge is 0.377 e. The molecule has 0 aromatic rings. The molecule has 3 N–H and O–H groups in total. The maximum absolute atomic E-state index is 12.5. The fourth-order valence-electron chi connectivity index (χ4n) is 3.64. The third-order valence-electron chi connectivity index (χ3n) is 4.90. The molecule has 2 fully saturated rings. The van der Waals surface area contributed by atoms with E-state index in [0.717, 1.165) is 19.4 Å². The van der Waals surface area contributed by atoms with Gasteiger partial charge in [0.15, 0.2) is 0 Å². The molecule has 1 amide bonds. The number of carbonyl (C=O) groups is 1. The predicted molar refractivity (Wildman–Crippen MR) is 77.3 cm³/mol. The number of hydrogen-bond donors (Lipinski definition) is 2. The third kappa shape index (κ3) is 2.36. The van der Waals surface area contributed by atoms with Crippen molar-refractivity contribution in [3.63, 3.8) is 0 Å². The summed E-state index contributed by atoms with van der Waals surface area (Å²) in [6.07, 6.45) is 2.24. The average Bonchev–Trinajstić information content (AvgIpc) is 2.42. The second-order valence-corrected chi connectivity index (χ2v) is 6.81. The molecule has 1 heterocycles. The molecule has 116 valence electrons. The first-order valence-electron chi connectivity index (χ1n) is 7.62. The van der Waals surface area contributed by atoms with Crippen LogP contribution in [0.5, 0.6) is 0 Å². The van der Waals surface area contributed by atoms with Gasteiger partial charge in [-0.2, -0.15) is 0 Å². The second-order valence-electron chi connectivity index (χ2n) is 6.81. The first-order chi connectivity index (χ1) is 9.31. The lowest BCUT2D eigenvalue weighted by Gasteiger charge is -2.65. The maximum Gasteiger partial charge on any atom is 0.241 e. The lowest BCUT2D eigenvalue weighted by atomic mass is 9.46. The van der Waals surface area contributed by atoms with Crippen LogP contribution in [0.1, 0.15) is 40.5 Å². The minimum atomic E-state index is -0.823. The molecule has 0 aromatic carbocycles. The van der Waals surface area contributed by atoms with Gasteiger partial charge in [0.05, 0.1) is 18.8 Å². The van der Waals surface area contributed by atoms with Crippen LogP contribution in [0, 0.1) is 11.3 Å². The van der Waals surface area contributed by atoms with Crippen LogP contribution in [0.25, 0.3) is 0 Å². The van der Waals surface area contributed by atoms with E-state index < -0.39 is 5.54 Å². The van der Waals surface area contributed by atoms with Crippen molar-refractivity contribution >= 4 is 5.91 Å². The van der Waals surface area contributed by atoms with Gasteiger partial charge < -0.3 is 20.5 Å². The van der Waals surface area contributed by atoms with Gasteiger partial charge in [0.25, 0.3) is 0 Å². The van der Waals surface area contributed by atoms with Gasteiger partial charge in [-0.1, -0.05) is 13.8 Å². The molecule has 5 nitrogen and oxygen atoms in total. The van der Waals surface area contributed by atoms with E-state index in [2.05, 4.69) is 5.32 Å². The van der Waals surface area contributed by atoms with Crippen LogP contribution < -0.4 is 11.1 Å². The highest BCUT2D eigenvalue weighted by atomic mass is 16.5. The quantitative estimate of drug-likeness (QED) is 0.740. The van der Waals surface area contributed by atoms with Gasteiger partial charge in [-0.15, -0.1) is 0 Å². The average molecular weight is 284 g/mol. The van der Waals surface area contributed by atoms with E-state index in [4.69, 9.17) is 15.2 Å². The molecule has 2 aliphatic rings. The van der Waals surface area contributed by atoms with Gasteiger partial charge in [-0.25, -0.2) is 0 Å². The van der Waals surface area contributed by atoms with Gasteiger partial charge in [-0.3, -0.25) is 4.79 Å². The zero-order valence-corrected chi connectivity index (χ0v) is 13.1. The Morgan fingerprint density at radius 3 is 2.85 bits per heavy atom. The second kappa shape index (κ2) is 5.62. The number of fused-ring (bicyclic) bond motifs is 1. The minimum absolute atomic E-state index is 0.0680. The molecule has 3 atom stereocenters. The van der Waals surface area contributed by atoms with Gasteiger partial charge >= 0.3 is 0 Å². The highest BCUT2D eigenvalue weighted by Crippen LogP contribution is 2.57. The van der Waals surface area contributed by atoms with Gasteiger partial charge in [0.1, 0.15) is 5.54 Å². The molecule has 0 spiro atoms. The molecule has 1 aliphatic carbocycles. The van der Waals surface area contributed by atoms with Gasteiger partial charge in [0.2, 0.25) is 5.91 Å². The van der Waals surface area contributed by atoms with E-state index >= 15 is 0 Å². The Morgan fingerprint density at radius 1 is 1.50 bits per heavy atom. The maximum atomic E-state index is 12.5. The van der Waals surface area contributed by atoms with Crippen LogP contribution in [-0.2, 0) is 14.3 Å². The molecule has 0 aromatic heterocycles. The Morgan fingerprint density at radius 2 is 2.20 bits per heavy atom. The predicted octanol–water partition coefficient (Wildman–Crippen LogP) is 1.06. The molecule has 1 saturated heterocycles. The molecule has 5 heteroatoms. The molecule has 1 saturated carbocycles. The fraction of sp³-hybridized carbons (Fsp3) is 0.933. The zero-order valence-electron chi connectivity index (χ0n) is 13.1. The van der Waals surface area contributed by atoms with Crippen molar-refractivity contribution in [2.75, 3.05) is 19.8 Å². The van der Waals surface area contributed by atoms with Crippen molar-refractivity contribution in [2.45, 2.75) is 58.3 Å².